The van der Waals surface area contributed by atoms with E-state index >= 15 is 0 Å². The third-order valence-electron chi connectivity index (χ3n) is 12.0. The summed E-state index contributed by atoms with van der Waals surface area (Å²) in [6, 6.07) is 0. The van der Waals surface area contributed by atoms with Crippen LogP contribution in [0.5, 0.6) is 0 Å². The molecule has 6 nitrogen and oxygen atoms in total. The molecule has 0 aromatic heterocycles. The highest BCUT2D eigenvalue weighted by Crippen LogP contribution is 2.16. The van der Waals surface area contributed by atoms with E-state index in [4.69, 9.17) is 14.2 Å². The summed E-state index contributed by atoms with van der Waals surface area (Å²) in [7, 11) is 0. The SMILES string of the molecule is CC/C=C\C/C=C\C/C=C\C/C=C\C/C=C\C/C=C\CCC(=O)OCC(COC(=O)CCCCCCCCCCCCCCC)OC(=O)CCCCCCCCCCCCCCCCCC. The molecule has 0 heterocycles. The molecule has 66 heavy (non-hydrogen) atoms. The quantitative estimate of drug-likeness (QED) is 0.0262. The molecule has 0 radical (unpaired) electrons. The van der Waals surface area contributed by atoms with E-state index in [1.54, 1.807) is 0 Å². The summed E-state index contributed by atoms with van der Waals surface area (Å²) in [5.41, 5.74) is 0. The summed E-state index contributed by atoms with van der Waals surface area (Å²) in [5, 5.41) is 0. The first kappa shape index (κ1) is 62.8. The minimum Gasteiger partial charge on any atom is -0.462 e. The van der Waals surface area contributed by atoms with Crippen LogP contribution in [0.1, 0.15) is 271 Å². The van der Waals surface area contributed by atoms with Gasteiger partial charge in [-0.3, -0.25) is 14.4 Å². The van der Waals surface area contributed by atoms with Crippen LogP contribution in [0.15, 0.2) is 72.9 Å². The van der Waals surface area contributed by atoms with E-state index in [-0.39, 0.29) is 37.5 Å². The summed E-state index contributed by atoms with van der Waals surface area (Å²) in [5.74, 6) is -0.973. The highest BCUT2D eigenvalue weighted by atomic mass is 16.6. The lowest BCUT2D eigenvalue weighted by Crippen LogP contribution is -2.30. The highest BCUT2D eigenvalue weighted by molar-refractivity contribution is 5.71. The van der Waals surface area contributed by atoms with Crippen molar-refractivity contribution in [3.63, 3.8) is 0 Å². The van der Waals surface area contributed by atoms with Crippen molar-refractivity contribution >= 4 is 17.9 Å². The van der Waals surface area contributed by atoms with Gasteiger partial charge in [-0.25, -0.2) is 0 Å². The van der Waals surface area contributed by atoms with Crippen LogP contribution in [-0.4, -0.2) is 37.2 Å². The largest absolute Gasteiger partial charge is 0.462 e. The lowest BCUT2D eigenvalue weighted by Gasteiger charge is -2.18. The van der Waals surface area contributed by atoms with Crippen LogP contribution >= 0.6 is 0 Å². The molecule has 0 aliphatic carbocycles. The number of carbonyl (C=O) groups is 3. The van der Waals surface area contributed by atoms with E-state index in [2.05, 4.69) is 87.6 Å². The van der Waals surface area contributed by atoms with E-state index in [1.807, 2.05) is 6.08 Å². The fraction of sp³-hybridized carbons (Fsp3) is 0.750. The van der Waals surface area contributed by atoms with Crippen LogP contribution in [0, 0.1) is 0 Å². The van der Waals surface area contributed by atoms with Gasteiger partial charge < -0.3 is 14.2 Å². The van der Waals surface area contributed by atoms with Crippen LogP contribution in [0.3, 0.4) is 0 Å². The van der Waals surface area contributed by atoms with Gasteiger partial charge in [0.1, 0.15) is 13.2 Å². The Hall–Kier alpha value is -3.15. The van der Waals surface area contributed by atoms with Crippen molar-refractivity contribution in [2.24, 2.45) is 0 Å². The molecule has 0 bridgehead atoms. The maximum Gasteiger partial charge on any atom is 0.306 e. The summed E-state index contributed by atoms with van der Waals surface area (Å²) >= 11 is 0. The summed E-state index contributed by atoms with van der Waals surface area (Å²) in [4.78, 5) is 38.1. The molecule has 1 unspecified atom stereocenters. The minimum atomic E-state index is -0.802. The van der Waals surface area contributed by atoms with Crippen LogP contribution < -0.4 is 0 Å². The maximum atomic E-state index is 12.8. The van der Waals surface area contributed by atoms with Gasteiger partial charge >= 0.3 is 17.9 Å². The van der Waals surface area contributed by atoms with Crippen molar-refractivity contribution in [2.45, 2.75) is 277 Å². The van der Waals surface area contributed by atoms with Crippen LogP contribution in [0.2, 0.25) is 0 Å². The van der Waals surface area contributed by atoms with Crippen LogP contribution in [-0.2, 0) is 28.6 Å². The average molecular weight is 921 g/mol. The number of carbonyl (C=O) groups excluding carboxylic acids is 3. The summed E-state index contributed by atoms with van der Waals surface area (Å²) in [6.07, 6.45) is 69.0. The van der Waals surface area contributed by atoms with Crippen LogP contribution in [0.25, 0.3) is 0 Å². The number of allylic oxidation sites excluding steroid dienone is 12. The van der Waals surface area contributed by atoms with Gasteiger partial charge in [-0.2, -0.15) is 0 Å². The molecule has 0 aliphatic rings. The van der Waals surface area contributed by atoms with Crippen molar-refractivity contribution in [3.8, 4) is 0 Å². The molecule has 0 saturated carbocycles. The van der Waals surface area contributed by atoms with Crippen molar-refractivity contribution in [1.82, 2.24) is 0 Å². The van der Waals surface area contributed by atoms with Gasteiger partial charge in [-0.05, 0) is 57.8 Å². The molecule has 0 aromatic carbocycles. The predicted molar refractivity (Wildman–Crippen MR) is 284 cm³/mol. The van der Waals surface area contributed by atoms with Gasteiger partial charge in [0.25, 0.3) is 0 Å². The van der Waals surface area contributed by atoms with Gasteiger partial charge in [0, 0.05) is 19.3 Å². The first-order valence-corrected chi connectivity index (χ1v) is 27.9. The Balaban J connectivity index is 4.46. The van der Waals surface area contributed by atoms with Crippen molar-refractivity contribution < 1.29 is 28.6 Å². The molecule has 0 aromatic rings. The zero-order chi connectivity index (χ0) is 47.9. The molecule has 0 N–H and O–H groups in total. The Bertz CT molecular complexity index is 1240. The Kier molecular flexibility index (Phi) is 51.9. The van der Waals surface area contributed by atoms with Gasteiger partial charge in [0.05, 0.1) is 0 Å². The Morgan fingerprint density at radius 3 is 0.924 bits per heavy atom. The zero-order valence-electron chi connectivity index (χ0n) is 43.4. The first-order valence-electron chi connectivity index (χ1n) is 27.9. The second kappa shape index (κ2) is 54.5. The lowest BCUT2D eigenvalue weighted by atomic mass is 10.0. The van der Waals surface area contributed by atoms with Crippen LogP contribution in [0.4, 0.5) is 0 Å². The highest BCUT2D eigenvalue weighted by Gasteiger charge is 2.19. The van der Waals surface area contributed by atoms with Gasteiger partial charge in [-0.15, -0.1) is 0 Å². The van der Waals surface area contributed by atoms with Gasteiger partial charge in [-0.1, -0.05) is 267 Å². The number of rotatable bonds is 50. The van der Waals surface area contributed by atoms with E-state index in [0.29, 0.717) is 19.3 Å². The second-order valence-corrected chi connectivity index (χ2v) is 18.5. The number of esters is 3. The summed E-state index contributed by atoms with van der Waals surface area (Å²) in [6.45, 7) is 6.48. The third kappa shape index (κ3) is 51.8. The topological polar surface area (TPSA) is 78.9 Å². The van der Waals surface area contributed by atoms with Gasteiger partial charge in [0.15, 0.2) is 6.10 Å². The Morgan fingerprint density at radius 1 is 0.318 bits per heavy atom. The van der Waals surface area contributed by atoms with Crippen molar-refractivity contribution in [1.29, 1.82) is 0 Å². The molecule has 0 amide bonds. The molecule has 1 atom stereocenters. The molecule has 380 valence electrons. The average Bonchev–Trinajstić information content (AvgIpc) is 3.31. The van der Waals surface area contributed by atoms with E-state index in [0.717, 1.165) is 77.0 Å². The standard InChI is InChI=1S/C60H104O6/c1-4-7-10-13-16-19-22-25-27-29-30-31-33-35-38-41-44-47-50-53-59(62)65-56-57(55-64-58(61)52-49-46-43-40-37-34-24-21-18-15-12-9-6-3)66-60(63)54-51-48-45-42-39-36-32-28-26-23-20-17-14-11-8-5-2/h7,10,16,19,25,27,30-31,35,38,44,47,57H,4-6,8-9,11-15,17-18,20-24,26,28-29,32-34,36-37,39-43,45-46,48-56H2,1-3H3/b10-7-,19-16-,27-25-,31-30-,38-35-,47-44-. The second-order valence-electron chi connectivity index (χ2n) is 18.5. The Morgan fingerprint density at radius 2 is 0.591 bits per heavy atom. The van der Waals surface area contributed by atoms with E-state index in [9.17, 15) is 14.4 Å². The maximum absolute atomic E-state index is 12.8. The molecule has 0 saturated heterocycles. The number of hydrogen-bond donors (Lipinski definition) is 0. The monoisotopic (exact) mass is 921 g/mol. The Labute approximate surface area is 408 Å². The van der Waals surface area contributed by atoms with E-state index in [1.165, 1.54) is 148 Å². The fourth-order valence-corrected chi connectivity index (χ4v) is 7.82. The summed E-state index contributed by atoms with van der Waals surface area (Å²) < 4.78 is 16.8. The fourth-order valence-electron chi connectivity index (χ4n) is 7.82. The van der Waals surface area contributed by atoms with E-state index < -0.39 is 6.10 Å². The molecule has 0 rings (SSSR count). The molecular weight excluding hydrogens is 817 g/mol. The molecule has 6 heteroatoms. The lowest BCUT2D eigenvalue weighted by molar-refractivity contribution is -0.166. The number of ether oxygens (including phenoxy) is 3. The van der Waals surface area contributed by atoms with Crippen molar-refractivity contribution in [2.75, 3.05) is 13.2 Å². The molecule has 0 fully saturated rings. The molecule has 0 spiro atoms. The first-order chi connectivity index (χ1) is 32.5. The third-order valence-corrected chi connectivity index (χ3v) is 12.0. The van der Waals surface area contributed by atoms with Gasteiger partial charge in [0.2, 0.25) is 0 Å². The molecular formula is C60H104O6. The molecule has 0 aliphatic heterocycles. The zero-order valence-corrected chi connectivity index (χ0v) is 43.4. The predicted octanol–water partition coefficient (Wildman–Crippen LogP) is 18.6. The minimum absolute atomic E-state index is 0.0948. The number of hydrogen-bond acceptors (Lipinski definition) is 6. The number of unbranched alkanes of at least 4 members (excludes halogenated alkanes) is 27. The van der Waals surface area contributed by atoms with Crippen molar-refractivity contribution in [3.05, 3.63) is 72.9 Å². The smallest absolute Gasteiger partial charge is 0.306 e. The normalized spacial score (nSPS) is 12.6.